The molecule has 0 unspecified atom stereocenters. The Morgan fingerprint density at radius 2 is 2.13 bits per heavy atom. The van der Waals surface area contributed by atoms with Gasteiger partial charge in [-0.25, -0.2) is 0 Å². The van der Waals surface area contributed by atoms with Crippen LogP contribution in [0, 0.1) is 0 Å². The average Bonchev–Trinajstić information content (AvgIpc) is 2.15. The van der Waals surface area contributed by atoms with Crippen molar-refractivity contribution in [2.45, 2.75) is 26.4 Å². The lowest BCUT2D eigenvalue weighted by Crippen LogP contribution is -2.10. The largest absolute Gasteiger partial charge is 0.491 e. The number of nitrogens with one attached hydrogen (secondary N) is 1. The Labute approximate surface area is 96.6 Å². The zero-order valence-corrected chi connectivity index (χ0v) is 10.3. The first-order valence-electron chi connectivity index (χ1n) is 5.23. The molecule has 1 rings (SSSR count). The van der Waals surface area contributed by atoms with Gasteiger partial charge in [-0.2, -0.15) is 0 Å². The third-order valence-corrected chi connectivity index (χ3v) is 2.39. The first-order chi connectivity index (χ1) is 7.13. The number of rotatable bonds is 5. The highest BCUT2D eigenvalue weighted by Crippen LogP contribution is 2.23. The predicted molar refractivity (Wildman–Crippen MR) is 64.8 cm³/mol. The molecule has 15 heavy (non-hydrogen) atoms. The monoisotopic (exact) mass is 227 g/mol. The molecule has 0 aliphatic heterocycles. The first-order valence-corrected chi connectivity index (χ1v) is 5.61. The third kappa shape index (κ3) is 4.10. The Morgan fingerprint density at radius 3 is 2.67 bits per heavy atom. The molecular formula is C12H18ClNO. The van der Waals surface area contributed by atoms with E-state index in [0.29, 0.717) is 0 Å². The average molecular weight is 228 g/mol. The van der Waals surface area contributed by atoms with Crippen LogP contribution in [0.15, 0.2) is 18.2 Å². The number of halogens is 1. The van der Waals surface area contributed by atoms with Crippen molar-refractivity contribution in [1.29, 1.82) is 0 Å². The van der Waals surface area contributed by atoms with Gasteiger partial charge in [0.25, 0.3) is 0 Å². The molecule has 0 radical (unpaired) electrons. The molecule has 2 nitrogen and oxygen atoms in total. The molecular weight excluding hydrogens is 210 g/mol. The van der Waals surface area contributed by atoms with Gasteiger partial charge in [-0.3, -0.25) is 0 Å². The van der Waals surface area contributed by atoms with E-state index in [0.717, 1.165) is 29.3 Å². The molecule has 0 bridgehead atoms. The van der Waals surface area contributed by atoms with Gasteiger partial charge in [0.05, 0.1) is 6.10 Å². The molecule has 0 saturated carbocycles. The van der Waals surface area contributed by atoms with E-state index in [4.69, 9.17) is 16.3 Å². The first kappa shape index (κ1) is 12.3. The summed E-state index contributed by atoms with van der Waals surface area (Å²) in [5, 5.41) is 3.88. The molecule has 0 aliphatic rings. The van der Waals surface area contributed by atoms with Crippen molar-refractivity contribution in [2.24, 2.45) is 0 Å². The van der Waals surface area contributed by atoms with Crippen molar-refractivity contribution in [3.63, 3.8) is 0 Å². The van der Waals surface area contributed by atoms with Crippen LogP contribution < -0.4 is 10.1 Å². The molecule has 0 fully saturated rings. The van der Waals surface area contributed by atoms with Gasteiger partial charge in [0.2, 0.25) is 0 Å². The molecule has 84 valence electrons. The Hall–Kier alpha value is -0.730. The molecule has 0 saturated heterocycles. The van der Waals surface area contributed by atoms with Gasteiger partial charge in [-0.1, -0.05) is 17.7 Å². The molecule has 0 atom stereocenters. The van der Waals surface area contributed by atoms with Crippen LogP contribution in [-0.2, 0) is 6.42 Å². The molecule has 0 heterocycles. The number of hydrogen-bond donors (Lipinski definition) is 1. The molecule has 0 spiro atoms. The summed E-state index contributed by atoms with van der Waals surface area (Å²) in [6.07, 6.45) is 1.13. The maximum atomic E-state index is 6.14. The lowest BCUT2D eigenvalue weighted by Gasteiger charge is -2.11. The quantitative estimate of drug-likeness (QED) is 0.835. The van der Waals surface area contributed by atoms with Gasteiger partial charge < -0.3 is 10.1 Å². The SMILES string of the molecule is CNCCc1ccc(OC(C)C)cc1Cl. The number of likely N-dealkylation sites (N-methyl/N-ethyl adjacent to an activating group) is 1. The molecule has 0 aliphatic carbocycles. The van der Waals surface area contributed by atoms with Crippen LogP contribution >= 0.6 is 11.6 Å². The summed E-state index contributed by atoms with van der Waals surface area (Å²) in [6, 6.07) is 5.88. The van der Waals surface area contributed by atoms with Crippen LogP contribution in [0.4, 0.5) is 0 Å². The van der Waals surface area contributed by atoms with Crippen molar-refractivity contribution in [1.82, 2.24) is 5.32 Å². The second-order valence-electron chi connectivity index (χ2n) is 3.77. The van der Waals surface area contributed by atoms with E-state index in [1.54, 1.807) is 0 Å². The second kappa shape index (κ2) is 5.99. The fourth-order valence-corrected chi connectivity index (χ4v) is 1.60. The number of ether oxygens (including phenoxy) is 1. The van der Waals surface area contributed by atoms with Gasteiger partial charge in [-0.05, 0) is 51.6 Å². The molecule has 1 N–H and O–H groups in total. The molecule has 0 aromatic heterocycles. The maximum Gasteiger partial charge on any atom is 0.121 e. The van der Waals surface area contributed by atoms with E-state index in [9.17, 15) is 0 Å². The van der Waals surface area contributed by atoms with Crippen molar-refractivity contribution in [3.8, 4) is 5.75 Å². The van der Waals surface area contributed by atoms with Gasteiger partial charge in [0.1, 0.15) is 5.75 Å². The predicted octanol–water partition coefficient (Wildman–Crippen LogP) is 2.89. The van der Waals surface area contributed by atoms with Crippen LogP contribution in [0.1, 0.15) is 19.4 Å². The zero-order chi connectivity index (χ0) is 11.3. The van der Waals surface area contributed by atoms with Gasteiger partial charge in [-0.15, -0.1) is 0 Å². The summed E-state index contributed by atoms with van der Waals surface area (Å²) in [6.45, 7) is 4.94. The molecule has 1 aromatic rings. The van der Waals surface area contributed by atoms with Gasteiger partial charge in [0.15, 0.2) is 0 Å². The highest BCUT2D eigenvalue weighted by molar-refractivity contribution is 6.31. The lowest BCUT2D eigenvalue weighted by molar-refractivity contribution is 0.242. The minimum Gasteiger partial charge on any atom is -0.491 e. The third-order valence-electron chi connectivity index (χ3n) is 2.04. The summed E-state index contributed by atoms with van der Waals surface area (Å²) in [7, 11) is 1.93. The lowest BCUT2D eigenvalue weighted by atomic mass is 10.1. The normalized spacial score (nSPS) is 10.7. The Balaban J connectivity index is 2.69. The smallest absolute Gasteiger partial charge is 0.121 e. The van der Waals surface area contributed by atoms with E-state index in [2.05, 4.69) is 5.32 Å². The van der Waals surface area contributed by atoms with Crippen molar-refractivity contribution < 1.29 is 4.74 Å². The highest BCUT2D eigenvalue weighted by Gasteiger charge is 2.03. The zero-order valence-electron chi connectivity index (χ0n) is 9.51. The van der Waals surface area contributed by atoms with Crippen LogP contribution in [-0.4, -0.2) is 19.7 Å². The fraction of sp³-hybridized carbons (Fsp3) is 0.500. The standard InChI is InChI=1S/C12H18ClNO/c1-9(2)15-11-5-4-10(6-7-14-3)12(13)8-11/h4-5,8-9,14H,6-7H2,1-3H3. The summed E-state index contributed by atoms with van der Waals surface area (Å²) < 4.78 is 5.55. The van der Waals surface area contributed by atoms with Crippen LogP contribution in [0.5, 0.6) is 5.75 Å². The summed E-state index contributed by atoms with van der Waals surface area (Å²) in [4.78, 5) is 0. The fourth-order valence-electron chi connectivity index (χ4n) is 1.34. The van der Waals surface area contributed by atoms with Crippen molar-refractivity contribution in [2.75, 3.05) is 13.6 Å². The Morgan fingerprint density at radius 1 is 1.40 bits per heavy atom. The van der Waals surface area contributed by atoms with E-state index in [-0.39, 0.29) is 6.10 Å². The highest BCUT2D eigenvalue weighted by atomic mass is 35.5. The summed E-state index contributed by atoms with van der Waals surface area (Å²) in [5.74, 6) is 0.836. The van der Waals surface area contributed by atoms with Crippen LogP contribution in [0.3, 0.4) is 0 Å². The van der Waals surface area contributed by atoms with E-state index in [1.165, 1.54) is 0 Å². The molecule has 0 amide bonds. The molecule has 1 aromatic carbocycles. The maximum absolute atomic E-state index is 6.14. The Bertz CT molecular complexity index is 312. The van der Waals surface area contributed by atoms with E-state index >= 15 is 0 Å². The van der Waals surface area contributed by atoms with Crippen LogP contribution in [0.2, 0.25) is 5.02 Å². The summed E-state index contributed by atoms with van der Waals surface area (Å²) in [5.41, 5.74) is 1.15. The Kier molecular flexibility index (Phi) is 4.92. The van der Waals surface area contributed by atoms with Crippen molar-refractivity contribution in [3.05, 3.63) is 28.8 Å². The minimum atomic E-state index is 0.184. The topological polar surface area (TPSA) is 21.3 Å². The van der Waals surface area contributed by atoms with E-state index < -0.39 is 0 Å². The number of benzene rings is 1. The minimum absolute atomic E-state index is 0.184. The van der Waals surface area contributed by atoms with Crippen molar-refractivity contribution >= 4 is 11.6 Å². The van der Waals surface area contributed by atoms with Gasteiger partial charge in [0, 0.05) is 5.02 Å². The van der Waals surface area contributed by atoms with E-state index in [1.807, 2.05) is 39.1 Å². The summed E-state index contributed by atoms with van der Waals surface area (Å²) >= 11 is 6.14. The van der Waals surface area contributed by atoms with Crippen LogP contribution in [0.25, 0.3) is 0 Å². The molecule has 3 heteroatoms. The van der Waals surface area contributed by atoms with Gasteiger partial charge >= 0.3 is 0 Å². The number of hydrogen-bond acceptors (Lipinski definition) is 2. The second-order valence-corrected chi connectivity index (χ2v) is 4.18.